The minimum Gasteiger partial charge on any atom is -0.481 e. The number of carbonyl (C=O) groups is 2. The lowest BCUT2D eigenvalue weighted by Gasteiger charge is -2.19. The molecule has 0 aliphatic carbocycles. The summed E-state index contributed by atoms with van der Waals surface area (Å²) in [6, 6.07) is 9.02. The third-order valence-electron chi connectivity index (χ3n) is 3.65. The first kappa shape index (κ1) is 16.7. The Morgan fingerprint density at radius 1 is 1.22 bits per heavy atom. The van der Waals surface area contributed by atoms with Crippen LogP contribution in [0.3, 0.4) is 0 Å². The lowest BCUT2D eigenvalue weighted by atomic mass is 9.94. The minimum atomic E-state index is -1.00. The predicted octanol–water partition coefficient (Wildman–Crippen LogP) is 2.33. The molecule has 0 aliphatic rings. The molecule has 0 aliphatic heterocycles. The highest BCUT2D eigenvalue weighted by molar-refractivity contribution is 5.94. The van der Waals surface area contributed by atoms with Crippen LogP contribution in [0.25, 0.3) is 5.69 Å². The van der Waals surface area contributed by atoms with Crippen LogP contribution in [0.2, 0.25) is 0 Å². The van der Waals surface area contributed by atoms with E-state index in [0.717, 1.165) is 17.1 Å². The van der Waals surface area contributed by atoms with Crippen LogP contribution in [0.5, 0.6) is 0 Å². The average molecular weight is 315 g/mol. The Morgan fingerprint density at radius 3 is 2.30 bits per heavy atom. The van der Waals surface area contributed by atoms with Crippen LogP contribution >= 0.6 is 0 Å². The maximum absolute atomic E-state index is 12.1. The Bertz CT molecular complexity index is 730. The quantitative estimate of drug-likeness (QED) is 0.887. The number of carboxylic acids is 1. The van der Waals surface area contributed by atoms with Crippen molar-refractivity contribution in [3.63, 3.8) is 0 Å². The van der Waals surface area contributed by atoms with E-state index in [1.54, 1.807) is 26.0 Å². The molecule has 0 fully saturated rings. The number of rotatable bonds is 5. The molecule has 0 saturated heterocycles. The fourth-order valence-electron chi connectivity index (χ4n) is 2.12. The number of aryl methyl sites for hydroxylation is 2. The van der Waals surface area contributed by atoms with Crippen molar-refractivity contribution in [1.29, 1.82) is 0 Å². The molecule has 23 heavy (non-hydrogen) atoms. The number of benzene rings is 1. The normalized spacial score (nSPS) is 11.3. The molecule has 2 aromatic rings. The zero-order chi connectivity index (χ0) is 17.2. The summed E-state index contributed by atoms with van der Waals surface area (Å²) in [5.74, 6) is -1.24. The fraction of sp³-hybridized carbons (Fsp3) is 0.353. The van der Waals surface area contributed by atoms with Crippen molar-refractivity contribution >= 4 is 11.9 Å². The van der Waals surface area contributed by atoms with Gasteiger partial charge in [-0.3, -0.25) is 9.59 Å². The maximum atomic E-state index is 12.1. The van der Waals surface area contributed by atoms with Gasteiger partial charge in [-0.15, -0.1) is 0 Å². The van der Waals surface area contributed by atoms with Crippen LogP contribution in [0.4, 0.5) is 0 Å². The first-order chi connectivity index (χ1) is 10.7. The van der Waals surface area contributed by atoms with E-state index in [1.807, 2.05) is 36.7 Å². The van der Waals surface area contributed by atoms with Crippen molar-refractivity contribution < 1.29 is 14.7 Å². The molecular formula is C17H21N3O3. The van der Waals surface area contributed by atoms with Gasteiger partial charge in [0.05, 0.1) is 16.8 Å². The second-order valence-corrected chi connectivity index (χ2v) is 6.26. The van der Waals surface area contributed by atoms with Gasteiger partial charge < -0.3 is 10.4 Å². The molecule has 1 aromatic carbocycles. The zero-order valence-electron chi connectivity index (χ0n) is 13.8. The third kappa shape index (κ3) is 3.77. The molecule has 1 amide bonds. The van der Waals surface area contributed by atoms with Gasteiger partial charge in [0.15, 0.2) is 0 Å². The average Bonchev–Trinajstić information content (AvgIpc) is 2.83. The van der Waals surface area contributed by atoms with Gasteiger partial charge >= 0.3 is 5.97 Å². The van der Waals surface area contributed by atoms with Gasteiger partial charge in [0, 0.05) is 17.8 Å². The predicted molar refractivity (Wildman–Crippen MR) is 86.8 cm³/mol. The lowest BCUT2D eigenvalue weighted by molar-refractivity contribution is -0.146. The minimum absolute atomic E-state index is 0.0698. The molecule has 2 N–H and O–H groups in total. The van der Waals surface area contributed by atoms with Crippen molar-refractivity contribution in [2.75, 3.05) is 6.54 Å². The van der Waals surface area contributed by atoms with Crippen molar-refractivity contribution in [2.45, 2.75) is 27.7 Å². The van der Waals surface area contributed by atoms with Crippen molar-refractivity contribution in [1.82, 2.24) is 15.1 Å². The SMILES string of the molecule is Cc1cc(C)n(-c2ccc(C(=O)NCC(C)(C)C(=O)O)cc2)n1. The number of hydrogen-bond acceptors (Lipinski definition) is 3. The summed E-state index contributed by atoms with van der Waals surface area (Å²) in [6.07, 6.45) is 0. The first-order valence-electron chi connectivity index (χ1n) is 7.36. The molecule has 6 nitrogen and oxygen atoms in total. The van der Waals surface area contributed by atoms with Gasteiger partial charge in [0.1, 0.15) is 0 Å². The molecule has 0 saturated carbocycles. The van der Waals surface area contributed by atoms with Crippen LogP contribution in [0.1, 0.15) is 35.6 Å². The number of hydrogen-bond donors (Lipinski definition) is 2. The smallest absolute Gasteiger partial charge is 0.310 e. The summed E-state index contributed by atoms with van der Waals surface area (Å²) in [7, 11) is 0. The van der Waals surface area contributed by atoms with E-state index < -0.39 is 11.4 Å². The first-order valence-corrected chi connectivity index (χ1v) is 7.36. The van der Waals surface area contributed by atoms with E-state index in [2.05, 4.69) is 10.4 Å². The number of aliphatic carboxylic acids is 1. The molecule has 0 spiro atoms. The molecule has 6 heteroatoms. The number of carboxylic acid groups (broad SMARTS) is 1. The van der Waals surface area contributed by atoms with Crippen LogP contribution in [-0.2, 0) is 4.79 Å². The summed E-state index contributed by atoms with van der Waals surface area (Å²) in [6.45, 7) is 7.10. The summed E-state index contributed by atoms with van der Waals surface area (Å²) in [4.78, 5) is 23.2. The molecule has 2 rings (SSSR count). The Morgan fingerprint density at radius 2 is 1.83 bits per heavy atom. The number of nitrogens with one attached hydrogen (secondary N) is 1. The Hall–Kier alpha value is -2.63. The van der Waals surface area contributed by atoms with Crippen LogP contribution in [-0.4, -0.2) is 33.3 Å². The van der Waals surface area contributed by atoms with Crippen LogP contribution in [0, 0.1) is 19.3 Å². The zero-order valence-corrected chi connectivity index (χ0v) is 13.8. The molecule has 0 radical (unpaired) electrons. The Labute approximate surface area is 135 Å². The molecule has 1 heterocycles. The van der Waals surface area contributed by atoms with Gasteiger partial charge in [0.2, 0.25) is 0 Å². The van der Waals surface area contributed by atoms with Crippen molar-refractivity contribution in [3.05, 3.63) is 47.3 Å². The topological polar surface area (TPSA) is 84.2 Å². The molecule has 122 valence electrons. The van der Waals surface area contributed by atoms with Crippen LogP contribution in [0.15, 0.2) is 30.3 Å². The highest BCUT2D eigenvalue weighted by Crippen LogP contribution is 2.15. The molecule has 0 atom stereocenters. The molecule has 1 aromatic heterocycles. The van der Waals surface area contributed by atoms with E-state index >= 15 is 0 Å². The largest absolute Gasteiger partial charge is 0.481 e. The van der Waals surface area contributed by atoms with Gasteiger partial charge in [-0.05, 0) is 58.0 Å². The lowest BCUT2D eigenvalue weighted by Crippen LogP contribution is -2.38. The molecule has 0 unspecified atom stereocenters. The van der Waals surface area contributed by atoms with Gasteiger partial charge in [-0.2, -0.15) is 5.10 Å². The Kier molecular flexibility index (Phi) is 4.54. The standard InChI is InChI=1S/C17H21N3O3/c1-11-9-12(2)20(19-11)14-7-5-13(6-8-14)15(21)18-10-17(3,4)16(22)23/h5-9H,10H2,1-4H3,(H,18,21)(H,22,23). The van der Waals surface area contributed by atoms with E-state index in [1.165, 1.54) is 0 Å². The van der Waals surface area contributed by atoms with E-state index in [4.69, 9.17) is 5.11 Å². The number of amides is 1. The summed E-state index contributed by atoms with van der Waals surface area (Å²) in [5.41, 5.74) is 2.30. The van der Waals surface area contributed by atoms with Crippen molar-refractivity contribution in [2.24, 2.45) is 5.41 Å². The highest BCUT2D eigenvalue weighted by atomic mass is 16.4. The number of carbonyl (C=O) groups excluding carboxylic acids is 1. The monoisotopic (exact) mass is 315 g/mol. The van der Waals surface area contributed by atoms with Gasteiger partial charge in [-0.1, -0.05) is 0 Å². The van der Waals surface area contributed by atoms with E-state index in [9.17, 15) is 9.59 Å². The second kappa shape index (κ2) is 6.24. The summed E-state index contributed by atoms with van der Waals surface area (Å²) in [5, 5.41) is 16.1. The van der Waals surface area contributed by atoms with Crippen LogP contribution < -0.4 is 5.32 Å². The number of aromatic nitrogens is 2. The number of nitrogens with zero attached hydrogens (tertiary/aromatic N) is 2. The molecule has 0 bridgehead atoms. The van der Waals surface area contributed by atoms with E-state index in [0.29, 0.717) is 5.56 Å². The maximum Gasteiger partial charge on any atom is 0.310 e. The fourth-order valence-corrected chi connectivity index (χ4v) is 2.12. The van der Waals surface area contributed by atoms with E-state index in [-0.39, 0.29) is 12.5 Å². The third-order valence-corrected chi connectivity index (χ3v) is 3.65. The van der Waals surface area contributed by atoms with Gasteiger partial charge in [-0.25, -0.2) is 4.68 Å². The molecular weight excluding hydrogens is 294 g/mol. The Balaban J connectivity index is 2.09. The van der Waals surface area contributed by atoms with Gasteiger partial charge in [0.25, 0.3) is 5.91 Å². The second-order valence-electron chi connectivity index (χ2n) is 6.26. The van der Waals surface area contributed by atoms with Crippen molar-refractivity contribution in [3.8, 4) is 5.69 Å². The summed E-state index contributed by atoms with van der Waals surface area (Å²) < 4.78 is 1.81. The highest BCUT2D eigenvalue weighted by Gasteiger charge is 2.27. The summed E-state index contributed by atoms with van der Waals surface area (Å²) >= 11 is 0.